The maximum absolute atomic E-state index is 13.9. The number of nitrogens with zero attached hydrogens (tertiary/aromatic N) is 1. The first-order valence-corrected chi connectivity index (χ1v) is 7.37. The largest absolute Gasteiger partial charge is 0.369 e. The number of anilines is 1. The maximum Gasteiger partial charge on any atom is 0.130 e. The maximum atomic E-state index is 13.9. The molecule has 0 radical (unpaired) electrons. The first-order valence-electron chi connectivity index (χ1n) is 6.43. The summed E-state index contributed by atoms with van der Waals surface area (Å²) < 4.78 is 13.9. The molecular formula is C14H21FN2S. The van der Waals surface area contributed by atoms with E-state index < -0.39 is 0 Å². The van der Waals surface area contributed by atoms with Gasteiger partial charge in [0, 0.05) is 40.9 Å². The van der Waals surface area contributed by atoms with Crippen molar-refractivity contribution < 1.29 is 4.39 Å². The highest BCUT2D eigenvalue weighted by Crippen LogP contribution is 2.33. The van der Waals surface area contributed by atoms with Crippen LogP contribution in [0.1, 0.15) is 32.4 Å². The number of hydrogen-bond acceptors (Lipinski definition) is 3. The number of thioether (sulfide) groups is 1. The molecule has 3 atom stereocenters. The molecule has 2 nitrogen and oxygen atoms in total. The molecule has 4 heteroatoms. The van der Waals surface area contributed by atoms with Crippen molar-refractivity contribution in [2.24, 2.45) is 5.73 Å². The molecule has 1 aliphatic heterocycles. The third-order valence-corrected chi connectivity index (χ3v) is 4.47. The predicted octanol–water partition coefficient (Wildman–Crippen LogP) is 3.18. The van der Waals surface area contributed by atoms with Crippen molar-refractivity contribution in [3.8, 4) is 0 Å². The second kappa shape index (κ2) is 5.49. The van der Waals surface area contributed by atoms with Crippen molar-refractivity contribution in [2.75, 3.05) is 18.0 Å². The van der Waals surface area contributed by atoms with E-state index in [1.807, 2.05) is 24.8 Å². The van der Waals surface area contributed by atoms with Gasteiger partial charge in [-0.25, -0.2) is 4.39 Å². The lowest BCUT2D eigenvalue weighted by molar-refractivity contribution is 0.590. The van der Waals surface area contributed by atoms with Crippen LogP contribution in [-0.4, -0.2) is 23.6 Å². The monoisotopic (exact) mass is 268 g/mol. The summed E-state index contributed by atoms with van der Waals surface area (Å²) in [6.45, 7) is 8.19. The van der Waals surface area contributed by atoms with Crippen molar-refractivity contribution >= 4 is 17.4 Å². The molecular weight excluding hydrogens is 247 g/mol. The fourth-order valence-electron chi connectivity index (χ4n) is 2.63. The zero-order valence-corrected chi connectivity index (χ0v) is 12.0. The summed E-state index contributed by atoms with van der Waals surface area (Å²) in [7, 11) is 0. The molecule has 1 aromatic rings. The molecule has 1 saturated heterocycles. The molecule has 0 spiro atoms. The predicted molar refractivity (Wildman–Crippen MR) is 77.7 cm³/mol. The summed E-state index contributed by atoms with van der Waals surface area (Å²) >= 11 is 1.99. The van der Waals surface area contributed by atoms with Crippen molar-refractivity contribution in [3.05, 3.63) is 29.6 Å². The lowest BCUT2D eigenvalue weighted by Gasteiger charge is -2.37. The highest BCUT2D eigenvalue weighted by Gasteiger charge is 2.25. The van der Waals surface area contributed by atoms with E-state index >= 15 is 0 Å². The van der Waals surface area contributed by atoms with Gasteiger partial charge in [0.2, 0.25) is 0 Å². The van der Waals surface area contributed by atoms with Crippen molar-refractivity contribution in [2.45, 2.75) is 37.3 Å². The van der Waals surface area contributed by atoms with Crippen LogP contribution in [0.3, 0.4) is 0 Å². The van der Waals surface area contributed by atoms with E-state index in [4.69, 9.17) is 5.73 Å². The Bertz CT molecular complexity index is 412. The zero-order chi connectivity index (χ0) is 13.3. The van der Waals surface area contributed by atoms with Gasteiger partial charge >= 0.3 is 0 Å². The first kappa shape index (κ1) is 13.7. The number of benzene rings is 1. The molecule has 0 saturated carbocycles. The Morgan fingerprint density at radius 2 is 1.94 bits per heavy atom. The fraction of sp³-hybridized carbons (Fsp3) is 0.571. The average Bonchev–Trinajstić information content (AvgIpc) is 2.26. The third kappa shape index (κ3) is 2.81. The summed E-state index contributed by atoms with van der Waals surface area (Å²) in [5.41, 5.74) is 7.52. The van der Waals surface area contributed by atoms with Gasteiger partial charge in [-0.15, -0.1) is 0 Å². The van der Waals surface area contributed by atoms with Crippen molar-refractivity contribution in [3.63, 3.8) is 0 Å². The van der Waals surface area contributed by atoms with Gasteiger partial charge in [-0.3, -0.25) is 0 Å². The summed E-state index contributed by atoms with van der Waals surface area (Å²) in [6.07, 6.45) is 0. The Labute approximate surface area is 113 Å². The molecule has 0 bridgehead atoms. The van der Waals surface area contributed by atoms with E-state index in [9.17, 15) is 4.39 Å². The molecule has 1 aliphatic rings. The number of halogens is 1. The molecule has 0 aliphatic carbocycles. The Hall–Kier alpha value is -0.740. The van der Waals surface area contributed by atoms with E-state index in [0.717, 1.165) is 18.8 Å². The number of nitrogens with two attached hydrogens (primary N) is 1. The van der Waals surface area contributed by atoms with Crippen LogP contribution in [0.5, 0.6) is 0 Å². The smallest absolute Gasteiger partial charge is 0.130 e. The van der Waals surface area contributed by atoms with Gasteiger partial charge in [0.15, 0.2) is 0 Å². The molecule has 0 amide bonds. The minimum absolute atomic E-state index is 0.193. The Morgan fingerprint density at radius 3 is 2.50 bits per heavy atom. The molecule has 2 unspecified atom stereocenters. The van der Waals surface area contributed by atoms with Crippen LogP contribution < -0.4 is 10.6 Å². The first-order chi connectivity index (χ1) is 8.49. The van der Waals surface area contributed by atoms with E-state index in [-0.39, 0.29) is 11.9 Å². The normalized spacial score (nSPS) is 26.2. The van der Waals surface area contributed by atoms with E-state index in [2.05, 4.69) is 18.7 Å². The van der Waals surface area contributed by atoms with Crippen LogP contribution in [-0.2, 0) is 0 Å². The zero-order valence-electron chi connectivity index (χ0n) is 11.2. The van der Waals surface area contributed by atoms with E-state index in [1.54, 1.807) is 6.07 Å². The Morgan fingerprint density at radius 1 is 1.33 bits per heavy atom. The molecule has 1 heterocycles. The highest BCUT2D eigenvalue weighted by atomic mass is 32.2. The topological polar surface area (TPSA) is 29.3 Å². The molecule has 2 rings (SSSR count). The van der Waals surface area contributed by atoms with Crippen molar-refractivity contribution in [1.29, 1.82) is 0 Å². The summed E-state index contributed by atoms with van der Waals surface area (Å²) in [4.78, 5) is 2.27. The molecule has 0 aromatic heterocycles. The van der Waals surface area contributed by atoms with Crippen LogP contribution in [0.25, 0.3) is 0 Å². The Kier molecular flexibility index (Phi) is 4.17. The Balaban J connectivity index is 2.35. The lowest BCUT2D eigenvalue weighted by Crippen LogP contribution is -2.41. The van der Waals surface area contributed by atoms with Crippen LogP contribution in [0.2, 0.25) is 0 Å². The number of hydrogen-bond donors (Lipinski definition) is 1. The number of rotatable bonds is 2. The van der Waals surface area contributed by atoms with Crippen molar-refractivity contribution in [1.82, 2.24) is 0 Å². The summed E-state index contributed by atoms with van der Waals surface area (Å²) in [6, 6.07) is 4.97. The van der Waals surface area contributed by atoms with Crippen LogP contribution in [0, 0.1) is 5.82 Å². The third-order valence-electron chi connectivity index (χ3n) is 3.25. The quantitative estimate of drug-likeness (QED) is 0.893. The van der Waals surface area contributed by atoms with Crippen LogP contribution in [0.15, 0.2) is 18.2 Å². The van der Waals surface area contributed by atoms with Gasteiger partial charge in [0.25, 0.3) is 0 Å². The van der Waals surface area contributed by atoms with Crippen LogP contribution in [0.4, 0.5) is 10.1 Å². The summed E-state index contributed by atoms with van der Waals surface area (Å²) in [5, 5.41) is 1.14. The minimum Gasteiger partial charge on any atom is -0.369 e. The molecule has 1 fully saturated rings. The molecule has 1 aromatic carbocycles. The second-order valence-electron chi connectivity index (χ2n) is 5.12. The average molecular weight is 268 g/mol. The lowest BCUT2D eigenvalue weighted by atomic mass is 10.0. The van der Waals surface area contributed by atoms with Gasteiger partial charge in [-0.05, 0) is 19.1 Å². The highest BCUT2D eigenvalue weighted by molar-refractivity contribution is 8.00. The fourth-order valence-corrected chi connectivity index (χ4v) is 3.95. The molecule has 18 heavy (non-hydrogen) atoms. The van der Waals surface area contributed by atoms with Gasteiger partial charge in [-0.2, -0.15) is 11.8 Å². The van der Waals surface area contributed by atoms with Gasteiger partial charge in [0.05, 0.1) is 0 Å². The molecule has 100 valence electrons. The van der Waals surface area contributed by atoms with Gasteiger partial charge in [0.1, 0.15) is 5.82 Å². The second-order valence-corrected chi connectivity index (χ2v) is 7.01. The SMILES string of the molecule is CC1CN(c2cccc(F)c2[C@@H](C)N)CC(C)S1. The van der Waals surface area contributed by atoms with Crippen LogP contribution >= 0.6 is 11.8 Å². The van der Waals surface area contributed by atoms with E-state index in [0.29, 0.717) is 16.1 Å². The van der Waals surface area contributed by atoms with E-state index in [1.165, 1.54) is 6.07 Å². The molecule has 2 N–H and O–H groups in total. The summed E-state index contributed by atoms with van der Waals surface area (Å²) in [5.74, 6) is -0.193. The standard InChI is InChI=1S/C14H21FN2S/c1-9-7-17(8-10(2)18-9)13-6-4-5-12(15)14(13)11(3)16/h4-6,9-11H,7-8,16H2,1-3H3/t9?,10?,11-/m1/s1. The van der Waals surface area contributed by atoms with Gasteiger partial charge in [-0.1, -0.05) is 19.9 Å². The minimum atomic E-state index is -0.276. The van der Waals surface area contributed by atoms with Gasteiger partial charge < -0.3 is 10.6 Å².